The van der Waals surface area contributed by atoms with Gasteiger partial charge in [-0.25, -0.2) is 14.1 Å². The van der Waals surface area contributed by atoms with Crippen LogP contribution in [0.2, 0.25) is 0 Å². The summed E-state index contributed by atoms with van der Waals surface area (Å²) < 4.78 is 58.3. The molecule has 0 aromatic carbocycles. The van der Waals surface area contributed by atoms with E-state index in [1.165, 1.54) is 10.7 Å². The third-order valence-electron chi connectivity index (χ3n) is 5.15. The van der Waals surface area contributed by atoms with Gasteiger partial charge in [0.25, 0.3) is 5.91 Å². The van der Waals surface area contributed by atoms with Crippen molar-refractivity contribution < 1.29 is 31.8 Å². The van der Waals surface area contributed by atoms with E-state index in [9.17, 15) is 27.2 Å². The zero-order valence-corrected chi connectivity index (χ0v) is 16.6. The quantitative estimate of drug-likeness (QED) is 0.519. The van der Waals surface area contributed by atoms with Crippen LogP contribution in [0, 0.1) is 12.8 Å². The van der Waals surface area contributed by atoms with Crippen molar-refractivity contribution in [3.63, 3.8) is 0 Å². The molecule has 32 heavy (non-hydrogen) atoms. The third kappa shape index (κ3) is 3.99. The van der Waals surface area contributed by atoms with Crippen molar-refractivity contribution in [3.8, 4) is 0 Å². The monoisotopic (exact) mass is 455 g/mol. The lowest BCUT2D eigenvalue weighted by atomic mass is 9.74. The zero-order chi connectivity index (χ0) is 23.1. The Morgan fingerprint density at radius 2 is 2.00 bits per heavy atom. The summed E-state index contributed by atoms with van der Waals surface area (Å²) >= 11 is 0. The van der Waals surface area contributed by atoms with Crippen molar-refractivity contribution in [2.75, 3.05) is 0 Å². The molecule has 0 saturated heterocycles. The van der Waals surface area contributed by atoms with Crippen LogP contribution in [0.15, 0.2) is 23.1 Å². The summed E-state index contributed by atoms with van der Waals surface area (Å²) in [6.07, 6.45) is 1.33. The average Bonchev–Trinajstić information content (AvgIpc) is 3.35. The van der Waals surface area contributed by atoms with E-state index in [4.69, 9.17) is 0 Å². The summed E-state index contributed by atoms with van der Waals surface area (Å²) in [5, 5.41) is 16.2. The first-order valence-corrected chi connectivity index (χ1v) is 9.49. The van der Waals surface area contributed by atoms with Gasteiger partial charge in [0.05, 0.1) is 24.6 Å². The van der Waals surface area contributed by atoms with Crippen molar-refractivity contribution in [2.24, 2.45) is 5.92 Å². The summed E-state index contributed by atoms with van der Waals surface area (Å²) in [5.74, 6) is -11.1. The van der Waals surface area contributed by atoms with Crippen molar-refractivity contribution in [1.29, 1.82) is 0 Å². The molecular weight excluding hydrogens is 438 g/mol. The number of carbonyl (C=O) groups is 2. The van der Waals surface area contributed by atoms with E-state index in [1.807, 2.05) is 0 Å². The summed E-state index contributed by atoms with van der Waals surface area (Å²) in [4.78, 5) is 28.2. The van der Waals surface area contributed by atoms with Crippen LogP contribution in [-0.4, -0.2) is 48.6 Å². The molecule has 4 rings (SSSR count). The van der Waals surface area contributed by atoms with E-state index in [1.54, 1.807) is 19.2 Å². The largest absolute Gasteiger partial charge is 0.352 e. The van der Waals surface area contributed by atoms with E-state index >= 15 is 0 Å². The lowest BCUT2D eigenvalue weighted by molar-refractivity contribution is -0.313. The summed E-state index contributed by atoms with van der Waals surface area (Å²) in [6, 6.07) is 1.61. The Kier molecular flexibility index (Phi) is 5.30. The number of fused-ring (bicyclic) bond motifs is 1. The average molecular weight is 455 g/mol. The maximum Gasteiger partial charge on any atom is 0.313 e. The minimum Gasteiger partial charge on any atom is -0.352 e. The van der Waals surface area contributed by atoms with Gasteiger partial charge in [0.15, 0.2) is 11.3 Å². The molecule has 2 N–H and O–H groups in total. The topological polar surface area (TPSA) is 127 Å². The highest BCUT2D eigenvalue weighted by atomic mass is 19.3. The van der Waals surface area contributed by atoms with Gasteiger partial charge in [-0.1, -0.05) is 5.16 Å². The van der Waals surface area contributed by atoms with Crippen LogP contribution < -0.4 is 10.6 Å². The van der Waals surface area contributed by atoms with Gasteiger partial charge in [0, 0.05) is 25.3 Å². The fraction of sp³-hybridized carbons (Fsp3) is 0.444. The molecule has 14 heteroatoms. The van der Waals surface area contributed by atoms with Crippen molar-refractivity contribution >= 4 is 17.5 Å². The number of nitrogens with one attached hydrogen (secondary N) is 2. The number of aryl methyl sites for hydroxylation is 1. The van der Waals surface area contributed by atoms with Gasteiger partial charge in [-0.3, -0.25) is 9.59 Å². The lowest BCUT2D eigenvalue weighted by Crippen LogP contribution is -2.59. The smallest absolute Gasteiger partial charge is 0.313 e. The number of hydrogen-bond acceptors (Lipinski definition) is 7. The molecule has 10 nitrogen and oxygen atoms in total. The second-order valence-corrected chi connectivity index (χ2v) is 7.49. The number of alkyl halides is 4. The van der Waals surface area contributed by atoms with Crippen molar-refractivity contribution in [3.05, 3.63) is 41.1 Å². The van der Waals surface area contributed by atoms with Gasteiger partial charge in [0.1, 0.15) is 5.69 Å². The second kappa shape index (κ2) is 7.84. The Morgan fingerprint density at radius 3 is 2.66 bits per heavy atom. The maximum absolute atomic E-state index is 13.3. The van der Waals surface area contributed by atoms with Crippen molar-refractivity contribution in [1.82, 2.24) is 35.5 Å². The molecule has 0 bridgehead atoms. The van der Waals surface area contributed by atoms with Gasteiger partial charge in [0.2, 0.25) is 5.91 Å². The SMILES string of the molecule is Cc1nonc1C(=O)NCc1cn2ncc(CNC(=O)C[C@@H]3CC(F)(F)C3(F)F)cc2n1. The molecule has 3 aromatic heterocycles. The fourth-order valence-corrected chi connectivity index (χ4v) is 3.28. The number of rotatable bonds is 7. The Morgan fingerprint density at radius 1 is 1.22 bits per heavy atom. The van der Waals surface area contributed by atoms with Gasteiger partial charge < -0.3 is 10.6 Å². The highest BCUT2D eigenvalue weighted by molar-refractivity contribution is 5.92. The number of amides is 2. The first kappa shape index (κ1) is 21.6. The van der Waals surface area contributed by atoms with Crippen LogP contribution in [0.5, 0.6) is 0 Å². The molecular formula is C18H17F4N7O3. The number of imidazole rings is 1. The molecule has 1 saturated carbocycles. The Bertz CT molecular complexity index is 1180. The van der Waals surface area contributed by atoms with Crippen LogP contribution in [-0.2, 0) is 17.9 Å². The van der Waals surface area contributed by atoms with E-state index in [0.29, 0.717) is 22.6 Å². The van der Waals surface area contributed by atoms with E-state index in [0.717, 1.165) is 0 Å². The number of hydrogen-bond donors (Lipinski definition) is 2. The molecule has 0 aliphatic heterocycles. The Hall–Kier alpha value is -3.58. The van der Waals surface area contributed by atoms with Crippen LogP contribution in [0.3, 0.4) is 0 Å². The molecule has 2 amide bonds. The van der Waals surface area contributed by atoms with Gasteiger partial charge >= 0.3 is 11.8 Å². The molecule has 0 radical (unpaired) electrons. The predicted molar refractivity (Wildman–Crippen MR) is 97.7 cm³/mol. The molecule has 1 atom stereocenters. The molecule has 0 spiro atoms. The first-order chi connectivity index (χ1) is 15.1. The molecule has 170 valence electrons. The van der Waals surface area contributed by atoms with Crippen LogP contribution in [0.1, 0.15) is 40.3 Å². The van der Waals surface area contributed by atoms with Gasteiger partial charge in [-0.15, -0.1) is 0 Å². The van der Waals surface area contributed by atoms with Crippen LogP contribution in [0.25, 0.3) is 5.65 Å². The van der Waals surface area contributed by atoms with E-state index < -0.39 is 42.4 Å². The molecule has 3 aromatic rings. The third-order valence-corrected chi connectivity index (χ3v) is 5.15. The maximum atomic E-state index is 13.3. The highest BCUT2D eigenvalue weighted by Crippen LogP contribution is 2.56. The molecule has 1 fully saturated rings. The number of halogens is 4. The van der Waals surface area contributed by atoms with Gasteiger partial charge in [-0.2, -0.15) is 22.7 Å². The van der Waals surface area contributed by atoms with Crippen molar-refractivity contribution in [2.45, 2.75) is 44.7 Å². The summed E-state index contributed by atoms with van der Waals surface area (Å²) in [6.45, 7) is 1.63. The highest BCUT2D eigenvalue weighted by Gasteiger charge is 2.71. The summed E-state index contributed by atoms with van der Waals surface area (Å²) in [7, 11) is 0. The predicted octanol–water partition coefficient (Wildman–Crippen LogP) is 1.65. The lowest BCUT2D eigenvalue weighted by Gasteiger charge is -2.43. The zero-order valence-electron chi connectivity index (χ0n) is 16.6. The Balaban J connectivity index is 1.31. The molecule has 1 aliphatic rings. The fourth-order valence-electron chi connectivity index (χ4n) is 3.28. The van der Waals surface area contributed by atoms with E-state index in [-0.39, 0.29) is 18.8 Å². The number of aromatic nitrogens is 5. The molecule has 1 aliphatic carbocycles. The first-order valence-electron chi connectivity index (χ1n) is 9.49. The van der Waals surface area contributed by atoms with Crippen LogP contribution in [0.4, 0.5) is 17.6 Å². The minimum atomic E-state index is -4.17. The van der Waals surface area contributed by atoms with Gasteiger partial charge in [-0.05, 0) is 23.7 Å². The van der Waals surface area contributed by atoms with E-state index in [2.05, 4.69) is 35.7 Å². The van der Waals surface area contributed by atoms with Crippen LogP contribution >= 0.6 is 0 Å². The summed E-state index contributed by atoms with van der Waals surface area (Å²) in [5.41, 5.74) is 1.86. The molecule has 0 unspecified atom stereocenters. The number of nitrogens with zero attached hydrogens (tertiary/aromatic N) is 5. The minimum absolute atomic E-state index is 0.0334. The second-order valence-electron chi connectivity index (χ2n) is 7.49. The Labute approximate surface area is 177 Å². The number of carbonyl (C=O) groups excluding carboxylic acids is 2. The molecule has 3 heterocycles. The standard InChI is InChI=1S/C18H17F4N7O3/c1-9-15(28-32-27-9)16(31)24-7-12-8-29-13(26-12)2-10(6-25-29)5-23-14(30)3-11-4-17(19,20)18(11,21)22/h2,6,8,11H,3-5,7H2,1H3,(H,23,30)(H,24,31)/t11-/m1/s1. The normalized spacial score (nSPS) is 18.8.